The predicted octanol–water partition coefficient (Wildman–Crippen LogP) is 3.10. The van der Waals surface area contributed by atoms with Gasteiger partial charge in [0.15, 0.2) is 19.7 Å². The molecule has 1 N–H and O–H groups in total. The van der Waals surface area contributed by atoms with Crippen LogP contribution < -0.4 is 16.2 Å². The lowest BCUT2D eigenvalue weighted by Crippen LogP contribution is -2.41. The van der Waals surface area contributed by atoms with Crippen LogP contribution >= 0.6 is 15.9 Å². The second-order valence-corrected chi connectivity index (χ2v) is 20.3. The van der Waals surface area contributed by atoms with Gasteiger partial charge in [-0.3, -0.25) is 4.90 Å². The van der Waals surface area contributed by atoms with Gasteiger partial charge >= 0.3 is 14.2 Å². The molecule has 49 heavy (non-hydrogen) atoms. The molecule has 0 aromatic heterocycles. The van der Waals surface area contributed by atoms with Crippen LogP contribution in [0, 0.1) is 0 Å². The van der Waals surface area contributed by atoms with E-state index >= 15 is 0 Å². The summed E-state index contributed by atoms with van der Waals surface area (Å²) >= 11 is 3.44. The fraction of sp³-hybridized carbons (Fsp3) is 0.647. The average Bonchev–Trinajstić information content (AvgIpc) is 3.38. The number of alkyl halides is 1. The summed E-state index contributed by atoms with van der Waals surface area (Å²) in [4.78, 5) is 2.19. The van der Waals surface area contributed by atoms with Gasteiger partial charge < -0.3 is 23.9 Å². The Morgan fingerprint density at radius 3 is 1.29 bits per heavy atom. The van der Waals surface area contributed by atoms with Crippen molar-refractivity contribution in [1.29, 1.82) is 0 Å². The minimum Gasteiger partial charge on any atom is -0.399 e. The van der Waals surface area contributed by atoms with Crippen LogP contribution in [-0.4, -0.2) is 108 Å². The molecule has 15 heteroatoms. The van der Waals surface area contributed by atoms with Crippen LogP contribution in [-0.2, 0) is 50.2 Å². The highest BCUT2D eigenvalue weighted by Gasteiger charge is 2.52. The molecule has 10 nitrogen and oxygen atoms in total. The second-order valence-electron chi connectivity index (χ2n) is 15.1. The fourth-order valence-corrected chi connectivity index (χ4v) is 8.12. The van der Waals surface area contributed by atoms with Crippen molar-refractivity contribution in [3.05, 3.63) is 59.7 Å². The van der Waals surface area contributed by atoms with Gasteiger partial charge in [0.2, 0.25) is 0 Å². The Kier molecular flexibility index (Phi) is 13.0. The molecule has 4 saturated heterocycles. The zero-order valence-electron chi connectivity index (χ0n) is 30.3. The van der Waals surface area contributed by atoms with Crippen LogP contribution in [0.25, 0.3) is 0 Å². The Morgan fingerprint density at radius 1 is 0.612 bits per heavy atom. The van der Waals surface area contributed by atoms with E-state index in [0.717, 1.165) is 22.8 Å². The maximum atomic E-state index is 11.5. The first kappa shape index (κ1) is 40.5. The smallest absolute Gasteiger partial charge is 0.399 e. The van der Waals surface area contributed by atoms with Crippen molar-refractivity contribution in [3.8, 4) is 0 Å². The van der Waals surface area contributed by atoms with Gasteiger partial charge in [-0.1, -0.05) is 64.5 Å². The zero-order valence-corrected chi connectivity index (χ0v) is 33.5. The van der Waals surface area contributed by atoms with E-state index in [-0.39, 0.29) is 48.1 Å². The van der Waals surface area contributed by atoms with Gasteiger partial charge in [-0.2, -0.15) is 0 Å². The van der Waals surface area contributed by atoms with Crippen molar-refractivity contribution in [3.63, 3.8) is 0 Å². The van der Waals surface area contributed by atoms with E-state index < -0.39 is 19.7 Å². The first-order valence-corrected chi connectivity index (χ1v) is 21.7. The topological polar surface area (TPSA) is 120 Å². The summed E-state index contributed by atoms with van der Waals surface area (Å²) in [7, 11) is -6.07. The summed E-state index contributed by atoms with van der Waals surface area (Å²) in [6, 6.07) is 16.5. The van der Waals surface area contributed by atoms with E-state index in [1.807, 2.05) is 39.8 Å². The van der Waals surface area contributed by atoms with Crippen molar-refractivity contribution in [2.24, 2.45) is 0 Å². The number of rotatable bonds is 5. The fourth-order valence-electron chi connectivity index (χ4n) is 5.35. The lowest BCUT2D eigenvalue weighted by atomic mass is 9.79. The van der Waals surface area contributed by atoms with E-state index in [1.165, 1.54) is 11.1 Å². The van der Waals surface area contributed by atoms with Crippen molar-refractivity contribution < 1.29 is 35.5 Å². The number of nitrogens with one attached hydrogen (secondary N) is 1. The lowest BCUT2D eigenvalue weighted by Gasteiger charge is -2.32. The molecule has 4 aliphatic rings. The minimum atomic E-state index is -2.82. The number of nitrogens with zero attached hydrogens (tertiary/aromatic N) is 1. The van der Waals surface area contributed by atoms with E-state index in [4.69, 9.17) is 18.6 Å². The molecule has 2 aromatic carbocycles. The number of hydrogen-bond donors (Lipinski definition) is 1. The van der Waals surface area contributed by atoms with Gasteiger partial charge in [0.1, 0.15) is 0 Å². The Bertz CT molecular complexity index is 1560. The predicted molar refractivity (Wildman–Crippen MR) is 202 cm³/mol. The summed E-state index contributed by atoms with van der Waals surface area (Å²) in [5.74, 6) is 1.15. The molecular formula is C34H53B2BrN2O8S2. The van der Waals surface area contributed by atoms with Crippen LogP contribution in [0.2, 0.25) is 0 Å². The van der Waals surface area contributed by atoms with Gasteiger partial charge in [0.25, 0.3) is 0 Å². The Hall–Kier alpha value is -1.29. The third-order valence-corrected chi connectivity index (χ3v) is 14.1. The molecule has 272 valence electrons. The molecule has 0 amide bonds. The Balaban J connectivity index is 0.000000187. The summed E-state index contributed by atoms with van der Waals surface area (Å²) in [5, 5.41) is 3.83. The van der Waals surface area contributed by atoms with Gasteiger partial charge in [0, 0.05) is 38.1 Å². The normalized spacial score (nSPS) is 24.7. The van der Waals surface area contributed by atoms with E-state index in [0.29, 0.717) is 37.7 Å². The molecule has 2 aromatic rings. The molecule has 0 atom stereocenters. The molecule has 0 bridgehead atoms. The molecule has 0 radical (unpaired) electrons. The van der Waals surface area contributed by atoms with Crippen LogP contribution in [0.15, 0.2) is 48.5 Å². The van der Waals surface area contributed by atoms with Crippen LogP contribution in [0.4, 0.5) is 0 Å². The third-order valence-electron chi connectivity index (χ3n) is 10.2. The molecular weight excluding hydrogens is 730 g/mol. The summed E-state index contributed by atoms with van der Waals surface area (Å²) in [6.07, 6.45) is 0. The quantitative estimate of drug-likeness (QED) is 0.358. The molecule has 0 aliphatic carbocycles. The molecule has 6 rings (SSSR count). The highest BCUT2D eigenvalue weighted by molar-refractivity contribution is 9.08. The minimum absolute atomic E-state index is 0.260. The second kappa shape index (κ2) is 15.8. The first-order chi connectivity index (χ1) is 22.6. The summed E-state index contributed by atoms with van der Waals surface area (Å²) in [6.45, 7) is 19.7. The van der Waals surface area contributed by atoms with E-state index in [1.54, 1.807) is 0 Å². The van der Waals surface area contributed by atoms with Crippen LogP contribution in [0.1, 0.15) is 66.5 Å². The maximum Gasteiger partial charge on any atom is 0.494 e. The van der Waals surface area contributed by atoms with Gasteiger partial charge in [-0.05, 0) is 77.4 Å². The molecule has 0 spiro atoms. The monoisotopic (exact) mass is 782 g/mol. The lowest BCUT2D eigenvalue weighted by molar-refractivity contribution is 0.00578. The van der Waals surface area contributed by atoms with E-state index in [2.05, 4.69) is 90.2 Å². The average molecular weight is 783 g/mol. The molecule has 0 unspecified atom stereocenters. The summed E-state index contributed by atoms with van der Waals surface area (Å²) in [5.41, 5.74) is 3.30. The highest BCUT2D eigenvalue weighted by atomic mass is 79.9. The molecule has 4 heterocycles. The molecule has 4 fully saturated rings. The van der Waals surface area contributed by atoms with Crippen LogP contribution in [0.5, 0.6) is 0 Å². The van der Waals surface area contributed by atoms with Crippen molar-refractivity contribution in [2.45, 2.75) is 89.7 Å². The SMILES string of the molecule is CC1(C)OB(c2ccc(CBr)cc2)OC1(C)C.CC1(C)OB(c2ccc(CN3CCS(=O)(=O)CC3)cc2)OC1(C)C.O=S1(=O)CCNCC1. The molecule has 0 saturated carbocycles. The van der Waals surface area contributed by atoms with Crippen molar-refractivity contribution in [2.75, 3.05) is 49.2 Å². The number of halogens is 1. The summed E-state index contributed by atoms with van der Waals surface area (Å²) < 4.78 is 68.3. The van der Waals surface area contributed by atoms with E-state index in [9.17, 15) is 16.8 Å². The van der Waals surface area contributed by atoms with Crippen LogP contribution in [0.3, 0.4) is 0 Å². The van der Waals surface area contributed by atoms with Crippen molar-refractivity contribution in [1.82, 2.24) is 10.2 Å². The van der Waals surface area contributed by atoms with Gasteiger partial charge in [-0.25, -0.2) is 16.8 Å². The highest BCUT2D eigenvalue weighted by Crippen LogP contribution is 2.37. The molecule has 4 aliphatic heterocycles. The van der Waals surface area contributed by atoms with Gasteiger partial charge in [-0.15, -0.1) is 0 Å². The number of benzene rings is 2. The largest absolute Gasteiger partial charge is 0.494 e. The van der Waals surface area contributed by atoms with Gasteiger partial charge in [0.05, 0.1) is 45.4 Å². The maximum absolute atomic E-state index is 11.5. The first-order valence-electron chi connectivity index (χ1n) is 16.9. The third kappa shape index (κ3) is 10.9. The Morgan fingerprint density at radius 2 is 0.959 bits per heavy atom. The van der Waals surface area contributed by atoms with Crippen molar-refractivity contribution >= 4 is 60.8 Å². The standard InChI is InChI=1S/C17H26BNO4S.C13H18BBrO2.C4H9NO2S/c1-16(2)17(3,4)23-18(22-16)15-7-5-14(6-8-15)13-19-9-11-24(20,21)12-10-19;1-12(2)13(3,4)17-14(16-12)11-7-5-10(9-15)6-8-11;6-8(7)3-1-5-2-4-8/h5-8H,9-13H2,1-4H3;5-8H,9H2,1-4H3;5H,1-4H2. The Labute approximate surface area is 303 Å². The number of hydrogen-bond acceptors (Lipinski definition) is 10. The number of sulfone groups is 2. The zero-order chi connectivity index (χ0) is 36.3.